The number of para-hydroxylation sites is 2. The SMILES string of the molecule is CN(C)c1cccc2ccc3cnc4nc5ccccc5n4c3c12. The van der Waals surface area contributed by atoms with Crippen LogP contribution in [0.4, 0.5) is 5.69 Å². The largest absolute Gasteiger partial charge is 0.377 e. The van der Waals surface area contributed by atoms with E-state index in [2.05, 4.69) is 69.8 Å². The molecule has 3 aromatic carbocycles. The van der Waals surface area contributed by atoms with E-state index in [9.17, 15) is 0 Å². The van der Waals surface area contributed by atoms with Gasteiger partial charge in [0.1, 0.15) is 0 Å². The molecule has 5 aromatic rings. The molecule has 5 rings (SSSR count). The van der Waals surface area contributed by atoms with Crippen molar-refractivity contribution in [2.75, 3.05) is 19.0 Å². The molecule has 0 aliphatic carbocycles. The van der Waals surface area contributed by atoms with Crippen LogP contribution in [0, 0.1) is 0 Å². The molecular weight excluding hydrogens is 296 g/mol. The number of nitrogens with zero attached hydrogens (tertiary/aromatic N) is 4. The Morgan fingerprint density at radius 2 is 1.71 bits per heavy atom. The van der Waals surface area contributed by atoms with Gasteiger partial charge in [-0.2, -0.15) is 0 Å². The molecule has 0 aliphatic rings. The summed E-state index contributed by atoms with van der Waals surface area (Å²) in [5.41, 5.74) is 4.42. The molecule has 0 bridgehead atoms. The molecule has 116 valence electrons. The highest BCUT2D eigenvalue weighted by Gasteiger charge is 2.14. The minimum atomic E-state index is 0.741. The number of fused-ring (bicyclic) bond motifs is 7. The van der Waals surface area contributed by atoms with Crippen molar-refractivity contribution in [3.05, 3.63) is 60.8 Å². The van der Waals surface area contributed by atoms with Gasteiger partial charge in [-0.3, -0.25) is 4.40 Å². The van der Waals surface area contributed by atoms with Gasteiger partial charge in [-0.25, -0.2) is 9.97 Å². The molecule has 0 saturated heterocycles. The third-order valence-corrected chi connectivity index (χ3v) is 4.59. The highest BCUT2D eigenvalue weighted by Crippen LogP contribution is 2.34. The van der Waals surface area contributed by atoms with Gasteiger partial charge in [-0.05, 0) is 23.6 Å². The summed E-state index contributed by atoms with van der Waals surface area (Å²) in [5, 5.41) is 3.57. The van der Waals surface area contributed by atoms with Crippen LogP contribution in [0.3, 0.4) is 0 Å². The Kier molecular flexibility index (Phi) is 2.59. The normalized spacial score (nSPS) is 11.8. The fourth-order valence-electron chi connectivity index (χ4n) is 3.52. The van der Waals surface area contributed by atoms with Crippen LogP contribution < -0.4 is 4.90 Å². The molecule has 0 spiro atoms. The van der Waals surface area contributed by atoms with Crippen molar-refractivity contribution in [2.24, 2.45) is 0 Å². The van der Waals surface area contributed by atoms with Gasteiger partial charge in [-0.15, -0.1) is 0 Å². The van der Waals surface area contributed by atoms with Crippen LogP contribution in [0.5, 0.6) is 0 Å². The fraction of sp³-hybridized carbons (Fsp3) is 0.100. The van der Waals surface area contributed by atoms with Crippen LogP contribution in [0.1, 0.15) is 0 Å². The average Bonchev–Trinajstić information content (AvgIpc) is 2.99. The lowest BCUT2D eigenvalue weighted by atomic mass is 10.0. The van der Waals surface area contributed by atoms with E-state index in [0.29, 0.717) is 0 Å². The Morgan fingerprint density at radius 3 is 2.58 bits per heavy atom. The van der Waals surface area contributed by atoms with Crippen LogP contribution in [-0.2, 0) is 0 Å². The third kappa shape index (κ3) is 1.68. The summed E-state index contributed by atoms with van der Waals surface area (Å²) in [6, 6.07) is 18.9. The first-order valence-corrected chi connectivity index (χ1v) is 7.99. The third-order valence-electron chi connectivity index (χ3n) is 4.59. The number of imidazole rings is 1. The molecule has 2 aromatic heterocycles. The molecule has 0 unspecified atom stereocenters. The maximum atomic E-state index is 4.68. The van der Waals surface area contributed by atoms with E-state index in [1.807, 2.05) is 24.4 Å². The van der Waals surface area contributed by atoms with Gasteiger partial charge in [0.2, 0.25) is 5.78 Å². The Labute approximate surface area is 139 Å². The van der Waals surface area contributed by atoms with Gasteiger partial charge in [0.25, 0.3) is 0 Å². The second-order valence-electron chi connectivity index (χ2n) is 6.27. The van der Waals surface area contributed by atoms with Crippen molar-refractivity contribution in [1.82, 2.24) is 14.4 Å². The molecule has 0 fully saturated rings. The maximum Gasteiger partial charge on any atom is 0.235 e. The van der Waals surface area contributed by atoms with Gasteiger partial charge in [-0.1, -0.05) is 36.4 Å². The first kappa shape index (κ1) is 13.3. The first-order valence-electron chi connectivity index (χ1n) is 7.99. The summed E-state index contributed by atoms with van der Waals surface area (Å²) in [7, 11) is 4.16. The summed E-state index contributed by atoms with van der Waals surface area (Å²) < 4.78 is 2.18. The second-order valence-corrected chi connectivity index (χ2v) is 6.27. The summed E-state index contributed by atoms with van der Waals surface area (Å²) in [5.74, 6) is 0.741. The van der Waals surface area contributed by atoms with Crippen molar-refractivity contribution < 1.29 is 0 Å². The zero-order valence-electron chi connectivity index (χ0n) is 13.6. The lowest BCUT2D eigenvalue weighted by Crippen LogP contribution is -2.09. The fourth-order valence-corrected chi connectivity index (χ4v) is 3.52. The number of anilines is 1. The molecule has 0 saturated carbocycles. The van der Waals surface area contributed by atoms with E-state index >= 15 is 0 Å². The van der Waals surface area contributed by atoms with Gasteiger partial charge < -0.3 is 4.90 Å². The number of hydrogen-bond donors (Lipinski definition) is 0. The van der Waals surface area contributed by atoms with Crippen LogP contribution in [0.2, 0.25) is 0 Å². The predicted octanol–water partition coefficient (Wildman–Crippen LogP) is 4.25. The lowest BCUT2D eigenvalue weighted by Gasteiger charge is -2.17. The Balaban J connectivity index is 2.15. The zero-order valence-corrected chi connectivity index (χ0v) is 13.6. The molecular formula is C20H16N4. The quantitative estimate of drug-likeness (QED) is 0.434. The standard InChI is InChI=1S/C20H16N4/c1-23(2)17-9-5-6-13-10-11-14-12-21-20-22-15-7-3-4-8-16(15)24(20)19(14)18(13)17/h3-12H,1-2H3. The van der Waals surface area contributed by atoms with E-state index in [0.717, 1.165) is 27.7 Å². The summed E-state index contributed by atoms with van der Waals surface area (Å²) >= 11 is 0. The van der Waals surface area contributed by atoms with E-state index in [1.165, 1.54) is 16.5 Å². The number of hydrogen-bond acceptors (Lipinski definition) is 3. The smallest absolute Gasteiger partial charge is 0.235 e. The monoisotopic (exact) mass is 312 g/mol. The van der Waals surface area contributed by atoms with Crippen molar-refractivity contribution in [2.45, 2.75) is 0 Å². The predicted molar refractivity (Wildman–Crippen MR) is 99.8 cm³/mol. The summed E-state index contributed by atoms with van der Waals surface area (Å²) in [6.07, 6.45) is 1.92. The summed E-state index contributed by atoms with van der Waals surface area (Å²) in [6.45, 7) is 0. The summed E-state index contributed by atoms with van der Waals surface area (Å²) in [4.78, 5) is 11.4. The van der Waals surface area contributed by atoms with E-state index in [-0.39, 0.29) is 0 Å². The lowest BCUT2D eigenvalue weighted by molar-refractivity contribution is 1.14. The molecule has 24 heavy (non-hydrogen) atoms. The minimum absolute atomic E-state index is 0.741. The molecule has 4 heteroatoms. The Hall–Kier alpha value is -3.14. The highest BCUT2D eigenvalue weighted by atomic mass is 15.1. The van der Waals surface area contributed by atoms with E-state index < -0.39 is 0 Å². The molecule has 2 heterocycles. The van der Waals surface area contributed by atoms with Crippen LogP contribution in [0.25, 0.3) is 38.5 Å². The second kappa shape index (κ2) is 4.68. The zero-order chi connectivity index (χ0) is 16.3. The minimum Gasteiger partial charge on any atom is -0.377 e. The van der Waals surface area contributed by atoms with Gasteiger partial charge in [0.15, 0.2) is 0 Å². The molecule has 0 radical (unpaired) electrons. The van der Waals surface area contributed by atoms with E-state index in [1.54, 1.807) is 0 Å². The average molecular weight is 312 g/mol. The van der Waals surface area contributed by atoms with Crippen molar-refractivity contribution in [3.63, 3.8) is 0 Å². The molecule has 0 N–H and O–H groups in total. The van der Waals surface area contributed by atoms with E-state index in [4.69, 9.17) is 0 Å². The van der Waals surface area contributed by atoms with Crippen molar-refractivity contribution in [3.8, 4) is 0 Å². The van der Waals surface area contributed by atoms with Gasteiger partial charge in [0.05, 0.1) is 16.6 Å². The van der Waals surface area contributed by atoms with Crippen LogP contribution in [0.15, 0.2) is 60.8 Å². The van der Waals surface area contributed by atoms with Gasteiger partial charge in [0, 0.05) is 36.8 Å². The molecule has 0 atom stereocenters. The molecule has 0 amide bonds. The number of rotatable bonds is 1. The van der Waals surface area contributed by atoms with Gasteiger partial charge >= 0.3 is 0 Å². The number of aromatic nitrogens is 3. The van der Waals surface area contributed by atoms with Crippen LogP contribution >= 0.6 is 0 Å². The van der Waals surface area contributed by atoms with Crippen molar-refractivity contribution >= 4 is 44.2 Å². The molecule has 4 nitrogen and oxygen atoms in total. The van der Waals surface area contributed by atoms with Crippen molar-refractivity contribution in [1.29, 1.82) is 0 Å². The first-order chi connectivity index (χ1) is 11.7. The molecule has 0 aliphatic heterocycles. The van der Waals surface area contributed by atoms with Crippen LogP contribution in [-0.4, -0.2) is 28.5 Å². The Bertz CT molecular complexity index is 1230. The maximum absolute atomic E-state index is 4.68. The Morgan fingerprint density at radius 1 is 0.875 bits per heavy atom. The highest BCUT2D eigenvalue weighted by molar-refractivity contribution is 6.13. The number of benzene rings is 3. The topological polar surface area (TPSA) is 33.4 Å².